The Balaban J connectivity index is 2.07. The second-order valence-corrected chi connectivity index (χ2v) is 7.57. The Bertz CT molecular complexity index is 599. The highest BCUT2D eigenvalue weighted by Crippen LogP contribution is 2.50. The van der Waals surface area contributed by atoms with Crippen LogP contribution in [0.15, 0.2) is 6.07 Å². The van der Waals surface area contributed by atoms with Gasteiger partial charge in [-0.3, -0.25) is 9.48 Å². The minimum atomic E-state index is -3.31. The Morgan fingerprint density at radius 1 is 1.53 bits per heavy atom. The van der Waals surface area contributed by atoms with Crippen LogP contribution in [0.2, 0.25) is 0 Å². The van der Waals surface area contributed by atoms with Gasteiger partial charge in [-0.2, -0.15) is 5.10 Å². The van der Waals surface area contributed by atoms with Gasteiger partial charge in [0.1, 0.15) is 0 Å². The largest absolute Gasteiger partial charge is 0.481 e. The molecule has 1 aliphatic rings. The van der Waals surface area contributed by atoms with Crippen LogP contribution in [0.1, 0.15) is 30.7 Å². The number of aliphatic carboxylic acids is 1. The topological polar surface area (TPSA) is 89.3 Å². The average molecular weight is 286 g/mol. The van der Waals surface area contributed by atoms with Crippen LogP contribution in [0, 0.1) is 12.3 Å². The molecule has 19 heavy (non-hydrogen) atoms. The molecule has 1 heterocycles. The SMILES string of the molecule is Cc1cc(CS(=O)(=O)CC2(CC(=O)O)CC2)n(C)n1. The summed E-state index contributed by atoms with van der Waals surface area (Å²) < 4.78 is 25.9. The minimum absolute atomic E-state index is 0.0451. The number of aryl methyl sites for hydroxylation is 2. The molecule has 0 aromatic carbocycles. The fraction of sp³-hybridized carbons (Fsp3) is 0.667. The summed E-state index contributed by atoms with van der Waals surface area (Å²) in [6.45, 7) is 1.81. The molecule has 0 radical (unpaired) electrons. The summed E-state index contributed by atoms with van der Waals surface area (Å²) in [5.41, 5.74) is 0.890. The van der Waals surface area contributed by atoms with Gasteiger partial charge in [0.25, 0.3) is 0 Å². The number of nitrogens with zero attached hydrogens (tertiary/aromatic N) is 2. The van der Waals surface area contributed by atoms with Crippen LogP contribution in [-0.2, 0) is 27.4 Å². The molecule has 1 saturated carbocycles. The second-order valence-electron chi connectivity index (χ2n) is 5.50. The van der Waals surface area contributed by atoms with Crippen molar-refractivity contribution in [2.45, 2.75) is 31.9 Å². The summed E-state index contributed by atoms with van der Waals surface area (Å²) in [4.78, 5) is 10.7. The van der Waals surface area contributed by atoms with Crippen LogP contribution >= 0.6 is 0 Å². The second kappa shape index (κ2) is 4.63. The lowest BCUT2D eigenvalue weighted by Gasteiger charge is -2.12. The van der Waals surface area contributed by atoms with Crippen LogP contribution < -0.4 is 0 Å². The zero-order chi connectivity index (χ0) is 14.3. The third kappa shape index (κ3) is 3.56. The van der Waals surface area contributed by atoms with Gasteiger partial charge in [0.15, 0.2) is 9.84 Å². The van der Waals surface area contributed by atoms with Gasteiger partial charge in [0, 0.05) is 7.05 Å². The summed E-state index contributed by atoms with van der Waals surface area (Å²) in [7, 11) is -1.60. The third-order valence-electron chi connectivity index (χ3n) is 3.48. The molecule has 0 bridgehead atoms. The highest BCUT2D eigenvalue weighted by molar-refractivity contribution is 7.90. The van der Waals surface area contributed by atoms with E-state index < -0.39 is 21.2 Å². The number of sulfone groups is 1. The van der Waals surface area contributed by atoms with E-state index in [1.54, 1.807) is 17.8 Å². The van der Waals surface area contributed by atoms with Crippen LogP contribution in [-0.4, -0.2) is 35.0 Å². The summed E-state index contributed by atoms with van der Waals surface area (Å²) in [6.07, 6.45) is 1.31. The highest BCUT2D eigenvalue weighted by atomic mass is 32.2. The number of carbonyl (C=O) groups is 1. The van der Waals surface area contributed by atoms with Gasteiger partial charge >= 0.3 is 5.97 Å². The van der Waals surface area contributed by atoms with E-state index in [0.717, 1.165) is 5.69 Å². The summed E-state index contributed by atoms with van der Waals surface area (Å²) in [5.74, 6) is -1.05. The average Bonchev–Trinajstić information content (AvgIpc) is 2.85. The van der Waals surface area contributed by atoms with Gasteiger partial charge in [-0.15, -0.1) is 0 Å². The molecule has 0 amide bonds. The highest BCUT2D eigenvalue weighted by Gasteiger charge is 2.47. The normalized spacial score (nSPS) is 17.4. The van der Waals surface area contributed by atoms with E-state index in [4.69, 9.17) is 5.11 Å². The lowest BCUT2D eigenvalue weighted by atomic mass is 10.1. The molecule has 2 rings (SSSR count). The first-order valence-corrected chi connectivity index (χ1v) is 7.95. The molecule has 1 aliphatic carbocycles. The summed E-state index contributed by atoms with van der Waals surface area (Å²) >= 11 is 0. The van der Waals surface area contributed by atoms with Crippen molar-refractivity contribution in [1.82, 2.24) is 9.78 Å². The first-order chi connectivity index (χ1) is 8.71. The molecule has 1 fully saturated rings. The van der Waals surface area contributed by atoms with Crippen molar-refractivity contribution in [1.29, 1.82) is 0 Å². The summed E-state index contributed by atoms with van der Waals surface area (Å²) in [6, 6.07) is 1.74. The number of hydrogen-bond acceptors (Lipinski definition) is 4. The maximum Gasteiger partial charge on any atom is 0.303 e. The van der Waals surface area contributed by atoms with E-state index in [1.807, 2.05) is 6.92 Å². The van der Waals surface area contributed by atoms with Crippen LogP contribution in [0.3, 0.4) is 0 Å². The fourth-order valence-electron chi connectivity index (χ4n) is 2.41. The van der Waals surface area contributed by atoms with Crippen molar-refractivity contribution < 1.29 is 18.3 Å². The molecule has 0 spiro atoms. The fourth-order valence-corrected chi connectivity index (χ4v) is 4.56. The summed E-state index contributed by atoms with van der Waals surface area (Å²) in [5, 5.41) is 12.9. The molecule has 1 aromatic heterocycles. The molecule has 1 aromatic rings. The van der Waals surface area contributed by atoms with Crippen LogP contribution in [0.4, 0.5) is 0 Å². The molecule has 0 saturated heterocycles. The van der Waals surface area contributed by atoms with Gasteiger partial charge in [0.05, 0.1) is 29.3 Å². The Kier molecular flexibility index (Phi) is 3.42. The van der Waals surface area contributed by atoms with E-state index in [-0.39, 0.29) is 17.9 Å². The lowest BCUT2D eigenvalue weighted by molar-refractivity contribution is -0.138. The smallest absolute Gasteiger partial charge is 0.303 e. The van der Waals surface area contributed by atoms with Crippen LogP contribution in [0.25, 0.3) is 0 Å². The molecule has 106 valence electrons. The lowest BCUT2D eigenvalue weighted by Crippen LogP contribution is -2.22. The molecular formula is C12H18N2O4S. The predicted molar refractivity (Wildman–Crippen MR) is 69.4 cm³/mol. The van der Waals surface area contributed by atoms with Gasteiger partial charge in [-0.05, 0) is 31.2 Å². The number of aromatic nitrogens is 2. The first-order valence-electron chi connectivity index (χ1n) is 6.13. The van der Waals surface area contributed by atoms with Crippen molar-refractivity contribution in [2.24, 2.45) is 12.5 Å². The maximum atomic E-state index is 12.2. The van der Waals surface area contributed by atoms with E-state index >= 15 is 0 Å². The van der Waals surface area contributed by atoms with Crippen molar-refractivity contribution in [3.05, 3.63) is 17.5 Å². The van der Waals surface area contributed by atoms with E-state index in [9.17, 15) is 13.2 Å². The van der Waals surface area contributed by atoms with Crippen molar-refractivity contribution in [3.63, 3.8) is 0 Å². The standard InChI is InChI=1S/C12H18N2O4S/c1-9-5-10(14(2)13-9)7-19(17,18)8-12(3-4-12)6-11(15)16/h5H,3-4,6-8H2,1-2H3,(H,15,16). The van der Waals surface area contributed by atoms with Gasteiger partial charge in [-0.25, -0.2) is 8.42 Å². The molecule has 7 heteroatoms. The molecular weight excluding hydrogens is 268 g/mol. The molecule has 1 N–H and O–H groups in total. The van der Waals surface area contributed by atoms with Gasteiger partial charge < -0.3 is 5.11 Å². The zero-order valence-electron chi connectivity index (χ0n) is 11.1. The molecule has 0 atom stereocenters. The Hall–Kier alpha value is -1.37. The maximum absolute atomic E-state index is 12.2. The number of hydrogen-bond donors (Lipinski definition) is 1. The first kappa shape index (κ1) is 14.0. The third-order valence-corrected chi connectivity index (χ3v) is 5.26. The minimum Gasteiger partial charge on any atom is -0.481 e. The van der Waals surface area contributed by atoms with Gasteiger partial charge in [0.2, 0.25) is 0 Å². The monoisotopic (exact) mass is 286 g/mol. The van der Waals surface area contributed by atoms with E-state index in [2.05, 4.69) is 5.10 Å². The zero-order valence-corrected chi connectivity index (χ0v) is 11.9. The number of carboxylic acid groups (broad SMARTS) is 1. The van der Waals surface area contributed by atoms with Crippen LogP contribution in [0.5, 0.6) is 0 Å². The molecule has 0 unspecified atom stereocenters. The van der Waals surface area contributed by atoms with Crippen molar-refractivity contribution in [2.75, 3.05) is 5.75 Å². The number of carboxylic acids is 1. The van der Waals surface area contributed by atoms with E-state index in [1.165, 1.54) is 0 Å². The number of rotatable bonds is 6. The van der Waals surface area contributed by atoms with E-state index in [0.29, 0.717) is 18.5 Å². The molecule has 6 nitrogen and oxygen atoms in total. The van der Waals surface area contributed by atoms with Crippen molar-refractivity contribution >= 4 is 15.8 Å². The predicted octanol–water partition coefficient (Wildman–Crippen LogP) is 0.898. The Morgan fingerprint density at radius 2 is 2.16 bits per heavy atom. The Labute approximate surface area is 112 Å². The molecule has 0 aliphatic heterocycles. The Morgan fingerprint density at radius 3 is 2.58 bits per heavy atom. The quantitative estimate of drug-likeness (QED) is 0.839. The van der Waals surface area contributed by atoms with Gasteiger partial charge in [-0.1, -0.05) is 0 Å². The van der Waals surface area contributed by atoms with Crippen molar-refractivity contribution in [3.8, 4) is 0 Å².